The van der Waals surface area contributed by atoms with Crippen molar-refractivity contribution in [3.8, 4) is 0 Å². The Bertz CT molecular complexity index is 701. The van der Waals surface area contributed by atoms with Crippen molar-refractivity contribution in [1.82, 2.24) is 9.62 Å². The van der Waals surface area contributed by atoms with Gasteiger partial charge in [0.1, 0.15) is 0 Å². The molecule has 1 aliphatic rings. The second-order valence-corrected chi connectivity index (χ2v) is 9.49. The van der Waals surface area contributed by atoms with Crippen LogP contribution in [0.25, 0.3) is 0 Å². The molecule has 21 heavy (non-hydrogen) atoms. The van der Waals surface area contributed by atoms with Crippen molar-refractivity contribution in [3.63, 3.8) is 0 Å². The Kier molecular flexibility index (Phi) is 4.44. The maximum absolute atomic E-state index is 12.6. The van der Waals surface area contributed by atoms with Gasteiger partial charge in [0.05, 0.1) is 9.79 Å². The Morgan fingerprint density at radius 3 is 1.81 bits per heavy atom. The molecule has 118 valence electrons. The van der Waals surface area contributed by atoms with Crippen molar-refractivity contribution in [2.75, 3.05) is 19.3 Å². The molecule has 1 aromatic rings. The Balaban J connectivity index is 2.31. The molecule has 0 bridgehead atoms. The minimum absolute atomic E-state index is 0.0822. The molecule has 2 unspecified atom stereocenters. The van der Waals surface area contributed by atoms with Gasteiger partial charge in [0.2, 0.25) is 10.0 Å². The summed E-state index contributed by atoms with van der Waals surface area (Å²) in [4.78, 5) is 0.236. The van der Waals surface area contributed by atoms with E-state index in [1.54, 1.807) is 0 Å². The fourth-order valence-electron chi connectivity index (χ4n) is 2.48. The average molecular weight is 332 g/mol. The molecule has 0 spiro atoms. The van der Waals surface area contributed by atoms with E-state index in [0.29, 0.717) is 13.1 Å². The normalized spacial score (nSPS) is 24.9. The number of sulfonamides is 1. The van der Waals surface area contributed by atoms with Crippen LogP contribution >= 0.6 is 0 Å². The fourth-order valence-corrected chi connectivity index (χ4v) is 4.73. The number of hydrogen-bond donors (Lipinski definition) is 1. The molecule has 0 aromatic heterocycles. The average Bonchev–Trinajstić information content (AvgIpc) is 2.36. The third-order valence-corrected chi connectivity index (χ3v) is 6.39. The first-order chi connectivity index (χ1) is 9.60. The predicted molar refractivity (Wildman–Crippen MR) is 80.4 cm³/mol. The largest absolute Gasteiger partial charge is 0.309 e. The van der Waals surface area contributed by atoms with Crippen molar-refractivity contribution in [2.24, 2.45) is 0 Å². The van der Waals surface area contributed by atoms with Gasteiger partial charge in [-0.15, -0.1) is 0 Å². The Hall–Kier alpha value is -0.960. The second kappa shape index (κ2) is 5.68. The van der Waals surface area contributed by atoms with Gasteiger partial charge in [0, 0.05) is 31.4 Å². The van der Waals surface area contributed by atoms with Crippen molar-refractivity contribution in [2.45, 2.75) is 35.7 Å². The van der Waals surface area contributed by atoms with E-state index < -0.39 is 19.9 Å². The van der Waals surface area contributed by atoms with Crippen molar-refractivity contribution >= 4 is 19.9 Å². The van der Waals surface area contributed by atoms with E-state index in [4.69, 9.17) is 0 Å². The summed E-state index contributed by atoms with van der Waals surface area (Å²) >= 11 is 0. The van der Waals surface area contributed by atoms with E-state index in [1.807, 2.05) is 13.8 Å². The molecule has 2 rings (SSSR count). The Labute approximate surface area is 126 Å². The number of hydrogen-bond acceptors (Lipinski definition) is 5. The van der Waals surface area contributed by atoms with Gasteiger partial charge >= 0.3 is 0 Å². The van der Waals surface area contributed by atoms with Crippen molar-refractivity contribution in [1.29, 1.82) is 0 Å². The molecule has 0 aliphatic carbocycles. The number of sulfone groups is 1. The summed E-state index contributed by atoms with van der Waals surface area (Å²) in [6, 6.07) is 5.53. The summed E-state index contributed by atoms with van der Waals surface area (Å²) in [6.07, 6.45) is 1.09. The molecule has 1 heterocycles. The number of piperazine rings is 1. The van der Waals surface area contributed by atoms with Gasteiger partial charge < -0.3 is 5.32 Å². The highest BCUT2D eigenvalue weighted by Gasteiger charge is 2.31. The third-order valence-electron chi connectivity index (χ3n) is 3.41. The summed E-state index contributed by atoms with van der Waals surface area (Å²) in [5.74, 6) is 0. The molecular formula is C13H20N2O4S2. The molecule has 2 atom stereocenters. The van der Waals surface area contributed by atoms with Gasteiger partial charge in [-0.3, -0.25) is 0 Å². The quantitative estimate of drug-likeness (QED) is 0.869. The van der Waals surface area contributed by atoms with E-state index in [0.717, 1.165) is 6.26 Å². The first-order valence-corrected chi connectivity index (χ1v) is 10.00. The molecule has 1 aliphatic heterocycles. The number of rotatable bonds is 3. The van der Waals surface area contributed by atoms with Gasteiger partial charge in [-0.1, -0.05) is 0 Å². The maximum Gasteiger partial charge on any atom is 0.243 e. The molecule has 8 heteroatoms. The van der Waals surface area contributed by atoms with Crippen LogP contribution < -0.4 is 5.32 Å². The summed E-state index contributed by atoms with van der Waals surface area (Å²) < 4.78 is 49.4. The van der Waals surface area contributed by atoms with Crippen LogP contribution in [-0.4, -0.2) is 52.6 Å². The van der Waals surface area contributed by atoms with Gasteiger partial charge in [0.25, 0.3) is 0 Å². The van der Waals surface area contributed by atoms with Crippen LogP contribution in [0.2, 0.25) is 0 Å². The number of nitrogens with zero attached hydrogens (tertiary/aromatic N) is 1. The molecule has 6 nitrogen and oxygen atoms in total. The summed E-state index contributed by atoms with van der Waals surface area (Å²) in [5, 5.41) is 3.28. The number of benzene rings is 1. The monoisotopic (exact) mass is 332 g/mol. The molecule has 0 saturated carbocycles. The SMILES string of the molecule is CC1CN(S(=O)(=O)c2ccc(S(C)(=O)=O)cc2)CC(C)N1. The lowest BCUT2D eigenvalue weighted by Gasteiger charge is -2.35. The zero-order valence-electron chi connectivity index (χ0n) is 12.3. The van der Waals surface area contributed by atoms with E-state index >= 15 is 0 Å². The van der Waals surface area contributed by atoms with Gasteiger partial charge in [-0.05, 0) is 38.1 Å². The van der Waals surface area contributed by atoms with Crippen molar-refractivity contribution < 1.29 is 16.8 Å². The summed E-state index contributed by atoms with van der Waals surface area (Å²) in [6.45, 7) is 4.68. The third kappa shape index (κ3) is 3.63. The van der Waals surface area contributed by atoms with Crippen LogP contribution in [0.4, 0.5) is 0 Å². The highest BCUT2D eigenvalue weighted by molar-refractivity contribution is 7.90. The van der Waals surface area contributed by atoms with Gasteiger partial charge in [-0.2, -0.15) is 4.31 Å². The van der Waals surface area contributed by atoms with Crippen LogP contribution in [0.5, 0.6) is 0 Å². The highest BCUT2D eigenvalue weighted by Crippen LogP contribution is 2.20. The highest BCUT2D eigenvalue weighted by atomic mass is 32.2. The number of nitrogens with one attached hydrogen (secondary N) is 1. The Morgan fingerprint density at radius 1 is 0.952 bits per heavy atom. The van der Waals surface area contributed by atoms with E-state index in [9.17, 15) is 16.8 Å². The first-order valence-electron chi connectivity index (χ1n) is 6.67. The van der Waals surface area contributed by atoms with E-state index in [-0.39, 0.29) is 21.9 Å². The lowest BCUT2D eigenvalue weighted by molar-refractivity contribution is 0.263. The topological polar surface area (TPSA) is 83.6 Å². The van der Waals surface area contributed by atoms with Crippen molar-refractivity contribution in [3.05, 3.63) is 24.3 Å². The lowest BCUT2D eigenvalue weighted by Crippen LogP contribution is -2.55. The first kappa shape index (κ1) is 16.4. The summed E-state index contributed by atoms with van der Waals surface area (Å²) in [5.41, 5.74) is 0. The van der Waals surface area contributed by atoms with E-state index in [1.165, 1.54) is 28.6 Å². The minimum Gasteiger partial charge on any atom is -0.309 e. The lowest BCUT2D eigenvalue weighted by atomic mass is 10.2. The second-order valence-electron chi connectivity index (χ2n) is 5.53. The molecule has 1 saturated heterocycles. The van der Waals surface area contributed by atoms with E-state index in [2.05, 4.69) is 5.32 Å². The molecule has 1 aromatic carbocycles. The molecule has 0 radical (unpaired) electrons. The summed E-state index contributed by atoms with van der Waals surface area (Å²) in [7, 11) is -6.92. The van der Waals surface area contributed by atoms with Gasteiger partial charge in [-0.25, -0.2) is 16.8 Å². The zero-order chi connectivity index (χ0) is 15.8. The maximum atomic E-state index is 12.6. The molecule has 0 amide bonds. The zero-order valence-corrected chi connectivity index (χ0v) is 13.9. The molecular weight excluding hydrogens is 312 g/mol. The Morgan fingerprint density at radius 2 is 1.38 bits per heavy atom. The smallest absolute Gasteiger partial charge is 0.243 e. The van der Waals surface area contributed by atoms with Crippen LogP contribution in [-0.2, 0) is 19.9 Å². The fraction of sp³-hybridized carbons (Fsp3) is 0.538. The molecule has 1 fully saturated rings. The van der Waals surface area contributed by atoms with Gasteiger partial charge in [0.15, 0.2) is 9.84 Å². The standard InChI is InChI=1S/C13H20N2O4S2/c1-10-8-15(9-11(2)14-10)21(18,19)13-6-4-12(5-7-13)20(3,16)17/h4-7,10-11,14H,8-9H2,1-3H3. The van der Waals surface area contributed by atoms with Crippen LogP contribution in [0.15, 0.2) is 34.1 Å². The van der Waals surface area contributed by atoms with Crippen LogP contribution in [0.1, 0.15) is 13.8 Å². The van der Waals surface area contributed by atoms with Crippen LogP contribution in [0, 0.1) is 0 Å². The molecule has 1 N–H and O–H groups in total. The minimum atomic E-state index is -3.59. The van der Waals surface area contributed by atoms with Crippen LogP contribution in [0.3, 0.4) is 0 Å². The predicted octanol–water partition coefficient (Wildman–Crippen LogP) is 0.461.